The van der Waals surface area contributed by atoms with Gasteiger partial charge in [0.15, 0.2) is 5.16 Å². The molecule has 132 valence electrons. The minimum atomic E-state index is -0.211. The number of rotatable bonds is 8. The number of thioether (sulfide) groups is 1. The van der Waals surface area contributed by atoms with Crippen LogP contribution in [-0.4, -0.2) is 58.6 Å². The molecule has 8 heteroatoms. The van der Waals surface area contributed by atoms with Crippen LogP contribution in [0.25, 0.3) is 0 Å². The van der Waals surface area contributed by atoms with Gasteiger partial charge in [-0.05, 0) is 12.8 Å². The number of halogens is 1. The molecule has 1 fully saturated rings. The number of morpholine rings is 1. The highest BCUT2D eigenvalue weighted by Crippen LogP contribution is 2.18. The van der Waals surface area contributed by atoms with Crippen molar-refractivity contribution in [2.45, 2.75) is 37.8 Å². The maximum atomic E-state index is 12.0. The first-order valence-electron chi connectivity index (χ1n) is 7.95. The lowest BCUT2D eigenvalue weighted by atomic mass is 10.1. The fourth-order valence-corrected chi connectivity index (χ4v) is 3.27. The number of unbranched alkanes of at least 4 members (excludes halogenated alkanes) is 2. The molecular formula is C15H26ClN3O3S. The first-order chi connectivity index (χ1) is 10.7. The lowest BCUT2D eigenvalue weighted by molar-refractivity contribution is 0.0410. The fraction of sp³-hybridized carbons (Fsp3) is 0.733. The zero-order valence-electron chi connectivity index (χ0n) is 13.5. The van der Waals surface area contributed by atoms with Gasteiger partial charge >= 0.3 is 0 Å². The van der Waals surface area contributed by atoms with E-state index in [0.717, 1.165) is 57.9 Å². The van der Waals surface area contributed by atoms with Crippen LogP contribution >= 0.6 is 24.2 Å². The zero-order chi connectivity index (χ0) is 15.8. The zero-order valence-corrected chi connectivity index (χ0v) is 15.2. The molecule has 0 unspecified atom stereocenters. The normalized spacial score (nSPS) is 15.3. The first kappa shape index (κ1) is 20.3. The van der Waals surface area contributed by atoms with Gasteiger partial charge in [0, 0.05) is 25.4 Å². The van der Waals surface area contributed by atoms with E-state index < -0.39 is 0 Å². The van der Waals surface area contributed by atoms with Crippen LogP contribution in [0.5, 0.6) is 5.88 Å². The van der Waals surface area contributed by atoms with Crippen LogP contribution in [-0.2, 0) is 11.2 Å². The van der Waals surface area contributed by atoms with Crippen molar-refractivity contribution in [3.8, 4) is 5.88 Å². The third-order valence-electron chi connectivity index (χ3n) is 3.75. The molecule has 23 heavy (non-hydrogen) atoms. The van der Waals surface area contributed by atoms with Gasteiger partial charge in [-0.15, -0.1) is 12.4 Å². The maximum absolute atomic E-state index is 12.0. The molecule has 2 heterocycles. The lowest BCUT2D eigenvalue weighted by Gasteiger charge is -2.26. The summed E-state index contributed by atoms with van der Waals surface area (Å²) in [4.78, 5) is 21.2. The number of ether oxygens (including phenoxy) is 1. The summed E-state index contributed by atoms with van der Waals surface area (Å²) in [6, 6.07) is 0. The largest absolute Gasteiger partial charge is 0.493 e. The van der Waals surface area contributed by atoms with Crippen molar-refractivity contribution in [1.29, 1.82) is 0 Å². The van der Waals surface area contributed by atoms with Crippen molar-refractivity contribution in [3.05, 3.63) is 15.9 Å². The average Bonchev–Trinajstić information content (AvgIpc) is 2.51. The molecule has 1 aliphatic rings. The summed E-state index contributed by atoms with van der Waals surface area (Å²) in [5.74, 6) is 0.714. The predicted molar refractivity (Wildman–Crippen MR) is 95.0 cm³/mol. The molecule has 2 N–H and O–H groups in total. The number of aromatic nitrogens is 2. The fourth-order valence-electron chi connectivity index (χ4n) is 2.41. The van der Waals surface area contributed by atoms with Crippen LogP contribution in [0, 0.1) is 0 Å². The minimum absolute atomic E-state index is 0. The van der Waals surface area contributed by atoms with Gasteiger partial charge in [0.05, 0.1) is 18.8 Å². The minimum Gasteiger partial charge on any atom is -0.493 e. The van der Waals surface area contributed by atoms with E-state index in [2.05, 4.69) is 21.8 Å². The summed E-state index contributed by atoms with van der Waals surface area (Å²) in [6.07, 6.45) is 3.62. The first-order valence-corrected chi connectivity index (χ1v) is 8.94. The second kappa shape index (κ2) is 10.9. The van der Waals surface area contributed by atoms with Crippen LogP contribution in [0.15, 0.2) is 9.95 Å². The summed E-state index contributed by atoms with van der Waals surface area (Å²) in [6.45, 7) is 6.51. The van der Waals surface area contributed by atoms with Gasteiger partial charge in [-0.1, -0.05) is 31.5 Å². The number of H-pyrrole nitrogens is 1. The van der Waals surface area contributed by atoms with Crippen molar-refractivity contribution in [2.24, 2.45) is 0 Å². The molecule has 0 amide bonds. The molecule has 1 aromatic heterocycles. The van der Waals surface area contributed by atoms with Gasteiger partial charge in [-0.2, -0.15) is 4.98 Å². The third-order valence-corrected chi connectivity index (χ3v) is 4.61. The molecule has 2 rings (SSSR count). The molecule has 0 aromatic carbocycles. The highest BCUT2D eigenvalue weighted by Gasteiger charge is 2.12. The van der Waals surface area contributed by atoms with Crippen molar-refractivity contribution in [3.63, 3.8) is 0 Å². The molecule has 1 aliphatic heterocycles. The van der Waals surface area contributed by atoms with E-state index in [0.29, 0.717) is 17.1 Å². The van der Waals surface area contributed by atoms with Gasteiger partial charge in [0.1, 0.15) is 0 Å². The summed E-state index contributed by atoms with van der Waals surface area (Å²) >= 11 is 1.47. The Morgan fingerprint density at radius 3 is 2.74 bits per heavy atom. The van der Waals surface area contributed by atoms with E-state index in [4.69, 9.17) is 4.74 Å². The molecule has 0 aliphatic carbocycles. The van der Waals surface area contributed by atoms with Crippen LogP contribution in [0.4, 0.5) is 0 Å². The Morgan fingerprint density at radius 1 is 1.35 bits per heavy atom. The Hall–Kier alpha value is -0.760. The van der Waals surface area contributed by atoms with E-state index in [1.807, 2.05) is 0 Å². The van der Waals surface area contributed by atoms with Crippen molar-refractivity contribution in [1.82, 2.24) is 14.9 Å². The maximum Gasteiger partial charge on any atom is 0.258 e. The van der Waals surface area contributed by atoms with Crippen LogP contribution in [0.2, 0.25) is 0 Å². The summed E-state index contributed by atoms with van der Waals surface area (Å²) in [5, 5.41) is 10.4. The Bertz CT molecular complexity index is 521. The standard InChI is InChI=1S/C15H25N3O3S.ClH/c1-2-3-4-5-12-13(19)16-15(17-14(12)20)22-11-8-18-6-9-21-10-7-18;/h2-11H2,1H3,(H2,16,17,19,20);1H. The van der Waals surface area contributed by atoms with E-state index in [1.165, 1.54) is 11.8 Å². The van der Waals surface area contributed by atoms with Crippen molar-refractivity contribution in [2.75, 3.05) is 38.6 Å². The summed E-state index contributed by atoms with van der Waals surface area (Å²) < 4.78 is 5.31. The van der Waals surface area contributed by atoms with Gasteiger partial charge in [0.25, 0.3) is 5.56 Å². The Kier molecular flexibility index (Phi) is 9.62. The van der Waals surface area contributed by atoms with E-state index in [-0.39, 0.29) is 23.8 Å². The number of hydrogen-bond acceptors (Lipinski definition) is 6. The molecule has 0 spiro atoms. The van der Waals surface area contributed by atoms with Crippen molar-refractivity contribution < 1.29 is 9.84 Å². The predicted octanol–water partition coefficient (Wildman–Crippen LogP) is 2.05. The molecule has 6 nitrogen and oxygen atoms in total. The Labute approximate surface area is 147 Å². The molecular weight excluding hydrogens is 338 g/mol. The molecule has 1 saturated heterocycles. The second-order valence-corrected chi connectivity index (χ2v) is 6.52. The van der Waals surface area contributed by atoms with E-state index >= 15 is 0 Å². The number of aromatic amines is 1. The third kappa shape index (κ3) is 6.71. The monoisotopic (exact) mass is 363 g/mol. The average molecular weight is 364 g/mol. The topological polar surface area (TPSA) is 78.5 Å². The van der Waals surface area contributed by atoms with Crippen LogP contribution < -0.4 is 5.56 Å². The molecule has 0 saturated carbocycles. The van der Waals surface area contributed by atoms with Crippen LogP contribution in [0.3, 0.4) is 0 Å². The van der Waals surface area contributed by atoms with Gasteiger partial charge in [-0.3, -0.25) is 9.69 Å². The van der Waals surface area contributed by atoms with E-state index in [9.17, 15) is 9.90 Å². The van der Waals surface area contributed by atoms with Gasteiger partial charge in [-0.25, -0.2) is 0 Å². The lowest BCUT2D eigenvalue weighted by Crippen LogP contribution is -2.37. The van der Waals surface area contributed by atoms with Crippen LogP contribution in [0.1, 0.15) is 31.7 Å². The smallest absolute Gasteiger partial charge is 0.258 e. The number of nitrogens with zero attached hydrogens (tertiary/aromatic N) is 2. The van der Waals surface area contributed by atoms with E-state index in [1.54, 1.807) is 0 Å². The molecule has 0 radical (unpaired) electrons. The van der Waals surface area contributed by atoms with Gasteiger partial charge in [0.2, 0.25) is 5.88 Å². The highest BCUT2D eigenvalue weighted by atomic mass is 35.5. The quantitative estimate of drug-likeness (QED) is 0.418. The second-order valence-electron chi connectivity index (χ2n) is 5.43. The summed E-state index contributed by atoms with van der Waals surface area (Å²) in [5.41, 5.74) is 0.198. The SMILES string of the molecule is CCCCCc1c(O)nc(SCCN2CCOCC2)[nH]c1=O.Cl. The Morgan fingerprint density at radius 2 is 2.09 bits per heavy atom. The Balaban J connectivity index is 0.00000264. The number of hydrogen-bond donors (Lipinski definition) is 2. The van der Waals surface area contributed by atoms with Crippen molar-refractivity contribution >= 4 is 24.2 Å². The molecule has 0 atom stereocenters. The molecule has 1 aromatic rings. The highest BCUT2D eigenvalue weighted by molar-refractivity contribution is 7.99. The number of aromatic hydroxyl groups is 1. The van der Waals surface area contributed by atoms with Gasteiger partial charge < -0.3 is 14.8 Å². The molecule has 0 bridgehead atoms. The number of nitrogens with one attached hydrogen (secondary N) is 1. The summed E-state index contributed by atoms with van der Waals surface area (Å²) in [7, 11) is 0.